The van der Waals surface area contributed by atoms with E-state index in [1.807, 2.05) is 64.2 Å². The van der Waals surface area contributed by atoms with E-state index >= 15 is 0 Å². The van der Waals surface area contributed by atoms with Gasteiger partial charge in [0.2, 0.25) is 5.91 Å². The van der Waals surface area contributed by atoms with Crippen LogP contribution < -0.4 is 0 Å². The maximum absolute atomic E-state index is 14.1. The zero-order chi connectivity index (χ0) is 40.3. The Morgan fingerprint density at radius 3 is 2.33 bits per heavy atom. The average molecular weight is 770 g/mol. The molecule has 4 N–H and O–H groups in total. The standard InChI is InChI=1S/C45H71NO9/c1-29-12-8-7-9-13-30(2)39(48)26-37-21-16-34(6)45(53,55-37)28-43(51)46-23-11-10-14-38(46)44(52)54-42(33(5)25-35-17-19-36(47)20-18-35)22-15-31(3)40(49)27-41(50)32(4)24-29/h7-9,12-13,15,29,32-40,42,47-49,53H,10-11,14,16-28H2,1-6H3/b9-7+,12-8+,30-13+,31-15+/t29-,32-,33-,34-,35?,36?,37+,38+,39+,40+,42+,45+/m1/s1. The summed E-state index contributed by atoms with van der Waals surface area (Å²) in [5.41, 5.74) is 1.40. The number of aliphatic hydroxyl groups is 4. The third kappa shape index (κ3) is 13.5. The summed E-state index contributed by atoms with van der Waals surface area (Å²) in [6.45, 7) is 11.9. The van der Waals surface area contributed by atoms with Gasteiger partial charge in [0.1, 0.15) is 17.9 Å². The van der Waals surface area contributed by atoms with Crippen molar-refractivity contribution in [3.8, 4) is 0 Å². The molecule has 3 fully saturated rings. The number of nitrogens with zero attached hydrogens (tertiary/aromatic N) is 1. The van der Waals surface area contributed by atoms with E-state index in [4.69, 9.17) is 9.47 Å². The highest BCUT2D eigenvalue weighted by Crippen LogP contribution is 2.38. The highest BCUT2D eigenvalue weighted by Gasteiger charge is 2.46. The van der Waals surface area contributed by atoms with Gasteiger partial charge < -0.3 is 34.8 Å². The second-order valence-corrected chi connectivity index (χ2v) is 17.6. The van der Waals surface area contributed by atoms with E-state index in [0.29, 0.717) is 50.1 Å². The maximum atomic E-state index is 14.1. The Hall–Kier alpha value is -2.63. The molecule has 3 aliphatic heterocycles. The molecule has 55 heavy (non-hydrogen) atoms. The van der Waals surface area contributed by atoms with E-state index < -0.39 is 42.2 Å². The molecule has 2 bridgehead atoms. The first-order valence-electron chi connectivity index (χ1n) is 21.2. The number of esters is 1. The summed E-state index contributed by atoms with van der Waals surface area (Å²) in [6.07, 6.45) is 16.9. The average Bonchev–Trinajstić information content (AvgIpc) is 3.14. The quantitative estimate of drug-likeness (QED) is 0.178. The van der Waals surface area contributed by atoms with Gasteiger partial charge in [-0.25, -0.2) is 4.79 Å². The number of Topliss-reactive ketones (excluding diaryl/α,β-unsaturated/α-hetero) is 1. The zero-order valence-corrected chi connectivity index (χ0v) is 34.4. The van der Waals surface area contributed by atoms with Crippen LogP contribution in [0.1, 0.15) is 138 Å². The van der Waals surface area contributed by atoms with Crippen LogP contribution in [0.3, 0.4) is 0 Å². The van der Waals surface area contributed by atoms with Gasteiger partial charge in [0, 0.05) is 37.6 Å². The summed E-state index contributed by atoms with van der Waals surface area (Å²) in [5, 5.41) is 44.0. The van der Waals surface area contributed by atoms with E-state index in [0.717, 1.165) is 50.5 Å². The Labute approximate surface area is 330 Å². The molecule has 0 radical (unpaired) electrons. The predicted octanol–water partition coefficient (Wildman–Crippen LogP) is 6.89. The molecule has 10 atom stereocenters. The molecule has 0 unspecified atom stereocenters. The summed E-state index contributed by atoms with van der Waals surface area (Å²) in [7, 11) is 0. The van der Waals surface area contributed by atoms with Gasteiger partial charge >= 0.3 is 5.97 Å². The molecule has 1 aliphatic carbocycles. The number of hydrogen-bond donors (Lipinski definition) is 4. The number of amides is 1. The molecule has 310 valence electrons. The normalized spacial score (nSPS) is 41.0. The van der Waals surface area contributed by atoms with Crippen molar-refractivity contribution < 1.29 is 44.3 Å². The van der Waals surface area contributed by atoms with Gasteiger partial charge in [-0.1, -0.05) is 64.2 Å². The highest BCUT2D eigenvalue weighted by molar-refractivity contribution is 5.85. The van der Waals surface area contributed by atoms with Gasteiger partial charge in [-0.15, -0.1) is 0 Å². The molecule has 4 rings (SSSR count). The molecule has 1 amide bonds. The van der Waals surface area contributed by atoms with Gasteiger partial charge in [0.15, 0.2) is 5.79 Å². The first-order chi connectivity index (χ1) is 26.1. The van der Waals surface area contributed by atoms with Gasteiger partial charge in [-0.2, -0.15) is 0 Å². The van der Waals surface area contributed by atoms with Gasteiger partial charge in [0.05, 0.1) is 30.8 Å². The zero-order valence-electron chi connectivity index (χ0n) is 34.4. The Bertz CT molecular complexity index is 1400. The fourth-order valence-corrected chi connectivity index (χ4v) is 8.81. The van der Waals surface area contributed by atoms with E-state index in [9.17, 15) is 34.8 Å². The first kappa shape index (κ1) is 45.1. The lowest BCUT2D eigenvalue weighted by atomic mass is 9.80. The molecule has 0 aromatic rings. The number of allylic oxidation sites excluding steroid dienone is 5. The lowest BCUT2D eigenvalue weighted by molar-refractivity contribution is -0.283. The number of carbonyl (C=O) groups is 3. The third-order valence-electron chi connectivity index (χ3n) is 12.9. The fourth-order valence-electron chi connectivity index (χ4n) is 8.81. The summed E-state index contributed by atoms with van der Waals surface area (Å²) in [6, 6.07) is -0.795. The van der Waals surface area contributed by atoms with Crippen LogP contribution in [0.5, 0.6) is 0 Å². The van der Waals surface area contributed by atoms with Crippen LogP contribution in [0.2, 0.25) is 0 Å². The maximum Gasteiger partial charge on any atom is 0.329 e. The SMILES string of the molecule is C/C1=C\C[C@@H]([C@H](C)CC2CCC(O)CC2)OC(=O)[C@@H]2CCCCN2C(=O)C[C@]2(O)O[C@@H](CC[C@H]2C)C[C@H](O)/C(C)=C/C=C/C=C/[C@@H](C)C[C@@H](C)C(=O)C[C@@H]1O. The molecule has 10 nitrogen and oxygen atoms in total. The molecule has 0 aromatic carbocycles. The van der Waals surface area contributed by atoms with E-state index in [-0.39, 0.29) is 60.7 Å². The number of hydrogen-bond acceptors (Lipinski definition) is 9. The Kier molecular flexibility index (Phi) is 17.4. The Balaban J connectivity index is 1.60. The highest BCUT2D eigenvalue weighted by atomic mass is 16.6. The smallest absolute Gasteiger partial charge is 0.329 e. The summed E-state index contributed by atoms with van der Waals surface area (Å²) >= 11 is 0. The first-order valence-corrected chi connectivity index (χ1v) is 21.2. The molecule has 2 saturated heterocycles. The number of carbonyl (C=O) groups excluding carboxylic acids is 3. The molecular weight excluding hydrogens is 698 g/mol. The summed E-state index contributed by atoms with van der Waals surface area (Å²) in [4.78, 5) is 42.9. The summed E-state index contributed by atoms with van der Waals surface area (Å²) in [5.74, 6) is -2.62. The Morgan fingerprint density at radius 2 is 1.60 bits per heavy atom. The number of fused-ring (bicyclic) bond motifs is 3. The number of ketones is 1. The van der Waals surface area contributed by atoms with Crippen molar-refractivity contribution in [2.45, 2.75) is 180 Å². The van der Waals surface area contributed by atoms with Crippen molar-refractivity contribution in [2.24, 2.45) is 29.6 Å². The van der Waals surface area contributed by atoms with Crippen LogP contribution in [-0.2, 0) is 23.9 Å². The predicted molar refractivity (Wildman–Crippen MR) is 213 cm³/mol. The molecule has 1 saturated carbocycles. The topological polar surface area (TPSA) is 154 Å². The minimum Gasteiger partial charge on any atom is -0.460 e. The van der Waals surface area contributed by atoms with Crippen molar-refractivity contribution in [2.75, 3.05) is 6.54 Å². The second kappa shape index (κ2) is 21.2. The van der Waals surface area contributed by atoms with Crippen molar-refractivity contribution in [1.82, 2.24) is 4.90 Å². The van der Waals surface area contributed by atoms with Crippen LogP contribution in [0, 0.1) is 29.6 Å². The van der Waals surface area contributed by atoms with E-state index in [1.165, 1.54) is 0 Å². The van der Waals surface area contributed by atoms with E-state index in [2.05, 4.69) is 13.8 Å². The number of piperidine rings is 1. The second-order valence-electron chi connectivity index (χ2n) is 17.6. The molecule has 0 aromatic heterocycles. The van der Waals surface area contributed by atoms with Gasteiger partial charge in [-0.3, -0.25) is 9.59 Å². The number of rotatable bonds is 3. The molecule has 4 aliphatic rings. The molecule has 3 heterocycles. The number of aliphatic hydroxyl groups excluding tert-OH is 3. The minimum atomic E-state index is -1.74. The minimum absolute atomic E-state index is 0.00528. The monoisotopic (exact) mass is 770 g/mol. The fraction of sp³-hybridized carbons (Fsp3) is 0.756. The number of ether oxygens (including phenoxy) is 2. The van der Waals surface area contributed by atoms with Crippen molar-refractivity contribution in [1.29, 1.82) is 0 Å². The van der Waals surface area contributed by atoms with Gasteiger partial charge in [0.25, 0.3) is 0 Å². The van der Waals surface area contributed by atoms with Crippen LogP contribution in [-0.4, -0.2) is 91.9 Å². The van der Waals surface area contributed by atoms with Crippen LogP contribution in [0.15, 0.2) is 47.6 Å². The van der Waals surface area contributed by atoms with Crippen molar-refractivity contribution in [3.63, 3.8) is 0 Å². The number of cyclic esters (lactones) is 1. The molecule has 10 heteroatoms. The summed E-state index contributed by atoms with van der Waals surface area (Å²) < 4.78 is 12.6. The van der Waals surface area contributed by atoms with Gasteiger partial charge in [-0.05, 0) is 113 Å². The van der Waals surface area contributed by atoms with Crippen LogP contribution in [0.25, 0.3) is 0 Å². The van der Waals surface area contributed by atoms with Crippen LogP contribution in [0.4, 0.5) is 0 Å². The van der Waals surface area contributed by atoms with Crippen molar-refractivity contribution in [3.05, 3.63) is 47.6 Å². The Morgan fingerprint density at radius 1 is 0.873 bits per heavy atom. The molecule has 0 spiro atoms. The lowest BCUT2D eigenvalue weighted by Gasteiger charge is -2.44. The van der Waals surface area contributed by atoms with Crippen molar-refractivity contribution >= 4 is 17.7 Å². The third-order valence-corrected chi connectivity index (χ3v) is 12.9. The van der Waals surface area contributed by atoms with E-state index in [1.54, 1.807) is 4.90 Å². The largest absolute Gasteiger partial charge is 0.460 e. The van der Waals surface area contributed by atoms with Crippen LogP contribution >= 0.6 is 0 Å². The molecular formula is C45H71NO9. The lowest BCUT2D eigenvalue weighted by Crippen LogP contribution is -2.54.